The number of carbonyl (C=O) groups excluding carboxylic acids is 3. The SMILES string of the molecule is CC(O)C(NC(=O)C1=CC2OC(c3ccccc3)(c3ccccc3)OC2C(OC(=O)c2ccccc2I)C1)C(=O)NCCO. The quantitative estimate of drug-likeness (QED) is 0.186. The minimum Gasteiger partial charge on any atom is -0.455 e. The van der Waals surface area contributed by atoms with Crippen LogP contribution in [0.3, 0.4) is 0 Å². The molecule has 44 heavy (non-hydrogen) atoms. The molecule has 1 aliphatic heterocycles. The van der Waals surface area contributed by atoms with Gasteiger partial charge < -0.3 is 35.1 Å². The first-order valence-electron chi connectivity index (χ1n) is 14.2. The third-order valence-electron chi connectivity index (χ3n) is 7.49. The molecule has 230 valence electrons. The van der Waals surface area contributed by atoms with Gasteiger partial charge in [0.1, 0.15) is 24.4 Å². The monoisotopic (exact) mass is 712 g/mol. The molecule has 5 rings (SSSR count). The second-order valence-corrected chi connectivity index (χ2v) is 11.7. The van der Waals surface area contributed by atoms with Crippen molar-refractivity contribution in [1.29, 1.82) is 0 Å². The van der Waals surface area contributed by atoms with E-state index in [2.05, 4.69) is 33.2 Å². The van der Waals surface area contributed by atoms with Gasteiger partial charge >= 0.3 is 5.97 Å². The maximum atomic E-state index is 13.6. The third kappa shape index (κ3) is 6.71. The van der Waals surface area contributed by atoms with E-state index in [1.165, 1.54) is 6.92 Å². The molecule has 0 radical (unpaired) electrons. The topological polar surface area (TPSA) is 143 Å². The summed E-state index contributed by atoms with van der Waals surface area (Å²) in [7, 11) is 0. The second-order valence-electron chi connectivity index (χ2n) is 10.5. The Kier molecular flexibility index (Phi) is 10.1. The van der Waals surface area contributed by atoms with Crippen molar-refractivity contribution in [2.45, 2.75) is 49.6 Å². The van der Waals surface area contributed by atoms with E-state index in [1.807, 2.05) is 66.7 Å². The fraction of sp³-hybridized carbons (Fsp3) is 0.303. The van der Waals surface area contributed by atoms with Crippen molar-refractivity contribution >= 4 is 40.4 Å². The summed E-state index contributed by atoms with van der Waals surface area (Å²) in [5.41, 5.74) is 2.01. The summed E-state index contributed by atoms with van der Waals surface area (Å²) in [5.74, 6) is -3.22. The molecule has 0 bridgehead atoms. The van der Waals surface area contributed by atoms with Crippen LogP contribution < -0.4 is 10.6 Å². The lowest BCUT2D eigenvalue weighted by atomic mass is 9.91. The van der Waals surface area contributed by atoms with Crippen LogP contribution in [0.2, 0.25) is 0 Å². The summed E-state index contributed by atoms with van der Waals surface area (Å²) in [6.45, 7) is 1.05. The largest absolute Gasteiger partial charge is 0.455 e. The minimum atomic E-state index is -1.36. The molecule has 4 N–H and O–H groups in total. The summed E-state index contributed by atoms with van der Waals surface area (Å²) >= 11 is 2.06. The Labute approximate surface area is 268 Å². The lowest BCUT2D eigenvalue weighted by molar-refractivity contribution is -0.157. The van der Waals surface area contributed by atoms with Gasteiger partial charge in [-0.1, -0.05) is 72.8 Å². The van der Waals surface area contributed by atoms with E-state index < -0.39 is 54.0 Å². The van der Waals surface area contributed by atoms with Gasteiger partial charge in [0.05, 0.1) is 18.3 Å². The van der Waals surface area contributed by atoms with Crippen molar-refractivity contribution in [1.82, 2.24) is 10.6 Å². The fourth-order valence-electron chi connectivity index (χ4n) is 5.35. The zero-order valence-electron chi connectivity index (χ0n) is 23.9. The average molecular weight is 713 g/mol. The molecule has 0 aromatic heterocycles. The molecule has 5 atom stereocenters. The number of fused-ring (bicyclic) bond motifs is 1. The number of hydrogen-bond acceptors (Lipinski definition) is 8. The second kappa shape index (κ2) is 14.0. The van der Waals surface area contributed by atoms with Gasteiger partial charge in [-0.2, -0.15) is 0 Å². The van der Waals surface area contributed by atoms with Gasteiger partial charge in [0.25, 0.3) is 0 Å². The van der Waals surface area contributed by atoms with Crippen molar-refractivity contribution in [3.63, 3.8) is 0 Å². The maximum Gasteiger partial charge on any atom is 0.339 e. The number of benzene rings is 3. The lowest BCUT2D eigenvalue weighted by Crippen LogP contribution is -2.54. The zero-order chi connectivity index (χ0) is 31.3. The van der Waals surface area contributed by atoms with E-state index in [1.54, 1.807) is 24.3 Å². The number of aliphatic hydroxyl groups is 2. The number of aliphatic hydroxyl groups excluding tert-OH is 2. The van der Waals surface area contributed by atoms with Gasteiger partial charge in [-0.05, 0) is 47.7 Å². The normalized spacial score (nSPS) is 21.7. The Morgan fingerprint density at radius 3 is 2.18 bits per heavy atom. The maximum absolute atomic E-state index is 13.6. The van der Waals surface area contributed by atoms with Crippen LogP contribution >= 0.6 is 22.6 Å². The number of amides is 2. The van der Waals surface area contributed by atoms with Crippen LogP contribution in [-0.2, 0) is 29.6 Å². The van der Waals surface area contributed by atoms with Crippen LogP contribution in [0.5, 0.6) is 0 Å². The molecule has 0 saturated carbocycles. The zero-order valence-corrected chi connectivity index (χ0v) is 26.0. The highest BCUT2D eigenvalue weighted by Crippen LogP contribution is 2.47. The Morgan fingerprint density at radius 1 is 0.977 bits per heavy atom. The van der Waals surface area contributed by atoms with Gasteiger partial charge in [0.2, 0.25) is 17.6 Å². The van der Waals surface area contributed by atoms with Crippen molar-refractivity contribution in [2.24, 2.45) is 0 Å². The number of nitrogens with one attached hydrogen (secondary N) is 2. The third-order valence-corrected chi connectivity index (χ3v) is 8.44. The summed E-state index contributed by atoms with van der Waals surface area (Å²) in [6, 6.07) is 24.5. The number of ether oxygens (including phenoxy) is 3. The first kappa shape index (κ1) is 31.8. The van der Waals surface area contributed by atoms with E-state index in [0.29, 0.717) is 9.13 Å². The van der Waals surface area contributed by atoms with Crippen molar-refractivity contribution in [3.8, 4) is 0 Å². The van der Waals surface area contributed by atoms with Crippen LogP contribution in [0, 0.1) is 3.57 Å². The first-order valence-corrected chi connectivity index (χ1v) is 15.3. The molecule has 11 heteroatoms. The number of hydrogen-bond donors (Lipinski definition) is 4. The van der Waals surface area contributed by atoms with E-state index >= 15 is 0 Å². The highest BCUT2D eigenvalue weighted by molar-refractivity contribution is 14.1. The van der Waals surface area contributed by atoms with Gasteiger partial charge in [0, 0.05) is 33.2 Å². The summed E-state index contributed by atoms with van der Waals surface area (Å²) in [6.07, 6.45) is -2.16. The van der Waals surface area contributed by atoms with E-state index in [9.17, 15) is 19.5 Å². The summed E-state index contributed by atoms with van der Waals surface area (Å²) in [5, 5.41) is 24.4. The molecule has 1 fully saturated rings. The summed E-state index contributed by atoms with van der Waals surface area (Å²) in [4.78, 5) is 39.6. The predicted octanol–water partition coefficient (Wildman–Crippen LogP) is 2.81. The Hall–Kier alpha value is -3.62. The van der Waals surface area contributed by atoms with Crippen LogP contribution in [0.15, 0.2) is 96.6 Å². The first-order chi connectivity index (χ1) is 21.2. The van der Waals surface area contributed by atoms with Crippen LogP contribution in [0.25, 0.3) is 0 Å². The van der Waals surface area contributed by atoms with Crippen LogP contribution in [-0.4, -0.2) is 71.6 Å². The molecular weight excluding hydrogens is 679 g/mol. The number of rotatable bonds is 10. The number of carbonyl (C=O) groups is 3. The van der Waals surface area contributed by atoms with E-state index in [-0.39, 0.29) is 25.1 Å². The number of halogens is 1. The average Bonchev–Trinajstić information content (AvgIpc) is 3.44. The van der Waals surface area contributed by atoms with Gasteiger partial charge in [0.15, 0.2) is 0 Å². The Morgan fingerprint density at radius 2 is 1.59 bits per heavy atom. The molecule has 3 aromatic rings. The predicted molar refractivity (Wildman–Crippen MR) is 168 cm³/mol. The van der Waals surface area contributed by atoms with Gasteiger partial charge in [-0.25, -0.2) is 4.79 Å². The molecule has 1 aliphatic carbocycles. The highest BCUT2D eigenvalue weighted by atomic mass is 127. The molecule has 2 aliphatic rings. The Balaban J connectivity index is 1.51. The van der Waals surface area contributed by atoms with Gasteiger partial charge in [-0.3, -0.25) is 9.59 Å². The molecule has 0 spiro atoms. The molecule has 2 amide bonds. The summed E-state index contributed by atoms with van der Waals surface area (Å²) < 4.78 is 20.2. The van der Waals surface area contributed by atoms with Crippen LogP contribution in [0.1, 0.15) is 34.8 Å². The fourth-order valence-corrected chi connectivity index (χ4v) is 5.96. The van der Waals surface area contributed by atoms with Crippen molar-refractivity contribution in [2.75, 3.05) is 13.2 Å². The standard InChI is InChI=1S/C33H33IN2O8/c1-20(38)28(31(40)35-16-17-37)36-30(39)21-18-26(42-32(41)24-14-8-9-15-25(24)34)29-27(19-21)43-33(44-29,22-10-4-2-5-11-22)23-12-6-3-7-13-23/h2-15,19-20,26-29,37-38H,16-18H2,1H3,(H,35,40)(H,36,39). The van der Waals surface area contributed by atoms with Crippen molar-refractivity contribution < 1.29 is 38.8 Å². The molecular formula is C33H33IN2O8. The van der Waals surface area contributed by atoms with E-state index in [0.717, 1.165) is 11.1 Å². The van der Waals surface area contributed by atoms with Gasteiger partial charge in [-0.15, -0.1) is 0 Å². The minimum absolute atomic E-state index is 0.0318. The lowest BCUT2D eigenvalue weighted by Gasteiger charge is -2.31. The van der Waals surface area contributed by atoms with E-state index in [4.69, 9.17) is 19.3 Å². The molecule has 1 saturated heterocycles. The highest BCUT2D eigenvalue weighted by Gasteiger charge is 2.55. The molecule has 10 nitrogen and oxygen atoms in total. The molecule has 3 aromatic carbocycles. The molecule has 5 unspecified atom stereocenters. The van der Waals surface area contributed by atoms with Crippen LogP contribution in [0.4, 0.5) is 0 Å². The Bertz CT molecular complexity index is 1470. The number of esters is 1. The van der Waals surface area contributed by atoms with Crippen molar-refractivity contribution in [3.05, 3.63) is 117 Å². The smallest absolute Gasteiger partial charge is 0.339 e. The molecule has 1 heterocycles.